The lowest BCUT2D eigenvalue weighted by atomic mass is 9.78. The Balaban J connectivity index is 1.35. The second kappa shape index (κ2) is 6.05. The van der Waals surface area contributed by atoms with Crippen LogP contribution in [0.3, 0.4) is 0 Å². The van der Waals surface area contributed by atoms with Crippen molar-refractivity contribution in [3.8, 4) is 17.1 Å². The van der Waals surface area contributed by atoms with Crippen molar-refractivity contribution in [3.63, 3.8) is 0 Å². The van der Waals surface area contributed by atoms with E-state index in [1.807, 2.05) is 24.3 Å². The molecule has 0 bridgehead atoms. The number of rotatable bonds is 5. The lowest BCUT2D eigenvalue weighted by Crippen LogP contribution is -2.17. The van der Waals surface area contributed by atoms with E-state index in [1.54, 1.807) is 7.11 Å². The highest BCUT2D eigenvalue weighted by atomic mass is 32.2. The number of hydrogen-bond donors (Lipinski definition) is 1. The topological polar surface area (TPSA) is 47.3 Å². The zero-order valence-corrected chi connectivity index (χ0v) is 16.6. The molecule has 1 spiro atoms. The minimum absolute atomic E-state index is 0.293. The van der Waals surface area contributed by atoms with Gasteiger partial charge < -0.3 is 14.0 Å². The molecule has 0 amide bonds. The van der Waals surface area contributed by atoms with Crippen molar-refractivity contribution in [2.45, 2.75) is 48.3 Å². The highest BCUT2D eigenvalue weighted by Crippen LogP contribution is 2.59. The Hall–Kier alpha value is -2.40. The van der Waals surface area contributed by atoms with Gasteiger partial charge in [-0.2, -0.15) is 0 Å². The lowest BCUT2D eigenvalue weighted by molar-refractivity contribution is 0.405. The number of nitrogens with zero attached hydrogens (tertiary/aromatic N) is 1. The third kappa shape index (κ3) is 2.56. The van der Waals surface area contributed by atoms with Crippen molar-refractivity contribution in [2.24, 2.45) is 0 Å². The molecule has 0 aliphatic heterocycles. The summed E-state index contributed by atoms with van der Waals surface area (Å²) < 4.78 is 14.8. The van der Waals surface area contributed by atoms with Gasteiger partial charge in [0.25, 0.3) is 0 Å². The average molecular weight is 391 g/mol. The molecule has 1 aromatic heterocycles. The number of nitrogens with one attached hydrogen (secondary N) is 1. The SMILES string of the molecule is COc1ccccc1SNc1noc2c1CC1(CC1)c1ccc(C3CC3)cc1-2. The van der Waals surface area contributed by atoms with Gasteiger partial charge in [-0.1, -0.05) is 29.4 Å². The molecule has 0 saturated heterocycles. The summed E-state index contributed by atoms with van der Waals surface area (Å²) in [4.78, 5) is 1.04. The predicted molar refractivity (Wildman–Crippen MR) is 111 cm³/mol. The molecular weight excluding hydrogens is 368 g/mol. The van der Waals surface area contributed by atoms with Crippen molar-refractivity contribution in [1.82, 2.24) is 5.16 Å². The van der Waals surface area contributed by atoms with Crippen LogP contribution in [0.15, 0.2) is 51.9 Å². The Morgan fingerprint density at radius 1 is 1.18 bits per heavy atom. The second-order valence-electron chi connectivity index (χ2n) is 8.23. The van der Waals surface area contributed by atoms with Crippen LogP contribution < -0.4 is 9.46 Å². The van der Waals surface area contributed by atoms with E-state index in [0.29, 0.717) is 5.41 Å². The van der Waals surface area contributed by atoms with Gasteiger partial charge in [-0.25, -0.2) is 0 Å². The number of aromatic nitrogens is 1. The summed E-state index contributed by atoms with van der Waals surface area (Å²) in [5, 5.41) is 4.40. The van der Waals surface area contributed by atoms with Gasteiger partial charge in [0.15, 0.2) is 11.6 Å². The monoisotopic (exact) mass is 390 g/mol. The van der Waals surface area contributed by atoms with E-state index in [-0.39, 0.29) is 0 Å². The Labute approximate surface area is 168 Å². The first-order valence-electron chi connectivity index (χ1n) is 9.97. The minimum atomic E-state index is 0.293. The number of anilines is 1. The number of hydrogen-bond acceptors (Lipinski definition) is 5. The first kappa shape index (κ1) is 16.5. The van der Waals surface area contributed by atoms with Crippen molar-refractivity contribution in [2.75, 3.05) is 11.8 Å². The molecule has 28 heavy (non-hydrogen) atoms. The third-order valence-corrected chi connectivity index (χ3v) is 7.24. The first-order chi connectivity index (χ1) is 13.8. The minimum Gasteiger partial charge on any atom is -0.496 e. The standard InChI is InChI=1S/C23H22N2O2S/c1-26-19-4-2-3-5-20(19)28-25-22-17-13-23(10-11-23)18-9-8-15(14-6-7-14)12-16(18)21(17)27-24-22/h2-5,8-9,12,14H,6-7,10-11,13H2,1H3,(H,24,25). The van der Waals surface area contributed by atoms with Crippen LogP contribution in [0.25, 0.3) is 11.3 Å². The molecule has 6 rings (SSSR count). The zero-order valence-electron chi connectivity index (χ0n) is 15.8. The Kier molecular flexibility index (Phi) is 3.57. The number of benzene rings is 2. The van der Waals surface area contributed by atoms with Crippen LogP contribution in [0.2, 0.25) is 0 Å². The lowest BCUT2D eigenvalue weighted by Gasteiger charge is -2.25. The maximum atomic E-state index is 5.88. The van der Waals surface area contributed by atoms with Crippen molar-refractivity contribution < 1.29 is 9.26 Å². The van der Waals surface area contributed by atoms with Crippen LogP contribution in [0.5, 0.6) is 5.75 Å². The van der Waals surface area contributed by atoms with E-state index in [9.17, 15) is 0 Å². The largest absolute Gasteiger partial charge is 0.496 e. The fraction of sp³-hybridized carbons (Fsp3) is 0.348. The molecule has 5 heteroatoms. The fourth-order valence-electron chi connectivity index (χ4n) is 4.48. The van der Waals surface area contributed by atoms with Crippen LogP contribution >= 0.6 is 11.9 Å². The fourth-order valence-corrected chi connectivity index (χ4v) is 5.25. The molecule has 0 radical (unpaired) electrons. The smallest absolute Gasteiger partial charge is 0.183 e. The van der Waals surface area contributed by atoms with E-state index < -0.39 is 0 Å². The Morgan fingerprint density at radius 2 is 2.04 bits per heavy atom. The van der Waals surface area contributed by atoms with Crippen LogP contribution in [0.4, 0.5) is 5.82 Å². The summed E-state index contributed by atoms with van der Waals surface area (Å²) in [6.07, 6.45) is 6.15. The summed E-state index contributed by atoms with van der Waals surface area (Å²) in [5.74, 6) is 3.40. The van der Waals surface area contributed by atoms with Gasteiger partial charge in [0.05, 0.1) is 12.0 Å². The molecule has 1 N–H and O–H groups in total. The maximum Gasteiger partial charge on any atom is 0.183 e. The molecule has 142 valence electrons. The molecule has 0 atom stereocenters. The zero-order chi connectivity index (χ0) is 18.7. The van der Waals surface area contributed by atoms with Crippen LogP contribution in [-0.2, 0) is 11.8 Å². The quantitative estimate of drug-likeness (QED) is 0.547. The molecule has 2 saturated carbocycles. The Morgan fingerprint density at radius 3 is 2.82 bits per heavy atom. The molecule has 3 aliphatic carbocycles. The molecule has 1 heterocycles. The third-order valence-electron chi connectivity index (χ3n) is 6.39. The summed E-state index contributed by atoms with van der Waals surface area (Å²) in [6, 6.07) is 15.1. The predicted octanol–water partition coefficient (Wildman–Crippen LogP) is 5.93. The summed E-state index contributed by atoms with van der Waals surface area (Å²) >= 11 is 1.52. The van der Waals surface area contributed by atoms with E-state index >= 15 is 0 Å². The van der Waals surface area contributed by atoms with Crippen molar-refractivity contribution >= 4 is 17.8 Å². The van der Waals surface area contributed by atoms with Crippen molar-refractivity contribution in [3.05, 3.63) is 59.2 Å². The van der Waals surface area contributed by atoms with Crippen LogP contribution in [-0.4, -0.2) is 12.3 Å². The van der Waals surface area contributed by atoms with Crippen LogP contribution in [0.1, 0.15) is 48.3 Å². The van der Waals surface area contributed by atoms with Gasteiger partial charge in [0.2, 0.25) is 0 Å². The molecule has 4 nitrogen and oxygen atoms in total. The van der Waals surface area contributed by atoms with Gasteiger partial charge in [0.1, 0.15) is 5.75 Å². The van der Waals surface area contributed by atoms with Crippen molar-refractivity contribution in [1.29, 1.82) is 0 Å². The van der Waals surface area contributed by atoms with Gasteiger partial charge in [-0.3, -0.25) is 0 Å². The van der Waals surface area contributed by atoms with E-state index in [0.717, 1.165) is 34.6 Å². The highest BCUT2D eigenvalue weighted by molar-refractivity contribution is 8.00. The van der Waals surface area contributed by atoms with E-state index in [2.05, 4.69) is 28.1 Å². The van der Waals surface area contributed by atoms with Gasteiger partial charge in [-0.15, -0.1) is 0 Å². The molecule has 2 fully saturated rings. The summed E-state index contributed by atoms with van der Waals surface area (Å²) in [5.41, 5.74) is 5.70. The van der Waals surface area contributed by atoms with Gasteiger partial charge in [-0.05, 0) is 79.3 Å². The van der Waals surface area contributed by atoms with Gasteiger partial charge in [0, 0.05) is 16.5 Å². The number of methoxy groups -OCH3 is 1. The summed E-state index contributed by atoms with van der Waals surface area (Å²) in [6.45, 7) is 0. The molecular formula is C23H22N2O2S. The van der Waals surface area contributed by atoms with Gasteiger partial charge >= 0.3 is 0 Å². The van der Waals surface area contributed by atoms with Crippen LogP contribution in [0, 0.1) is 0 Å². The second-order valence-corrected chi connectivity index (χ2v) is 9.08. The normalized spacial score (nSPS) is 18.5. The molecule has 2 aromatic carbocycles. The molecule has 3 aromatic rings. The number of fused-ring (bicyclic) bond motifs is 4. The van der Waals surface area contributed by atoms with E-state index in [1.165, 1.54) is 59.9 Å². The highest BCUT2D eigenvalue weighted by Gasteiger charge is 2.50. The van der Waals surface area contributed by atoms with E-state index in [4.69, 9.17) is 9.26 Å². The number of ether oxygens (including phenoxy) is 1. The maximum absolute atomic E-state index is 5.88. The average Bonchev–Trinajstić information content (AvgIpc) is 3.65. The first-order valence-corrected chi connectivity index (χ1v) is 10.8. The Bertz CT molecular complexity index is 1070. The molecule has 0 unspecified atom stereocenters. The summed E-state index contributed by atoms with van der Waals surface area (Å²) in [7, 11) is 1.70. The molecule has 3 aliphatic rings. The number of para-hydroxylation sites is 1.